The first kappa shape index (κ1) is 10.9. The Hall–Kier alpha value is -1.62. The van der Waals surface area contributed by atoms with Crippen LogP contribution in [-0.4, -0.2) is 14.5 Å². The second kappa shape index (κ2) is 4.49. The summed E-state index contributed by atoms with van der Waals surface area (Å²) in [5, 5.41) is 2.51. The Morgan fingerprint density at radius 2 is 2.12 bits per heavy atom. The van der Waals surface area contributed by atoms with E-state index in [2.05, 4.69) is 28.4 Å². The first-order valence-electron chi connectivity index (χ1n) is 5.07. The van der Waals surface area contributed by atoms with Crippen LogP contribution in [0.4, 0.5) is 5.13 Å². The summed E-state index contributed by atoms with van der Waals surface area (Å²) in [4.78, 5) is 8.42. The Bertz CT molecular complexity index is 496. The van der Waals surface area contributed by atoms with Crippen LogP contribution >= 0.6 is 11.3 Å². The summed E-state index contributed by atoms with van der Waals surface area (Å²) in [5.41, 5.74) is 7.35. The van der Waals surface area contributed by atoms with Gasteiger partial charge in [0, 0.05) is 17.6 Å². The third-order valence-electron chi connectivity index (χ3n) is 2.18. The molecule has 84 valence electrons. The van der Waals surface area contributed by atoms with Crippen LogP contribution in [0.2, 0.25) is 0 Å². The molecular formula is C11H14N4S. The summed E-state index contributed by atoms with van der Waals surface area (Å²) in [6, 6.07) is 0.435. The summed E-state index contributed by atoms with van der Waals surface area (Å²) in [6.07, 6.45) is 7.70. The molecule has 5 heteroatoms. The highest BCUT2D eigenvalue weighted by Crippen LogP contribution is 2.14. The lowest BCUT2D eigenvalue weighted by molar-refractivity contribution is 0.599. The highest BCUT2D eigenvalue weighted by Gasteiger charge is 1.99. The van der Waals surface area contributed by atoms with Gasteiger partial charge in [0.1, 0.15) is 0 Å². The molecule has 0 aliphatic rings. The van der Waals surface area contributed by atoms with Crippen LogP contribution < -0.4 is 5.73 Å². The predicted molar refractivity (Wildman–Crippen MR) is 68.1 cm³/mol. The number of thiazole rings is 1. The quantitative estimate of drug-likeness (QED) is 0.888. The molecule has 0 saturated heterocycles. The topological polar surface area (TPSA) is 56.7 Å². The molecule has 2 aromatic heterocycles. The number of nitrogen functional groups attached to an aromatic ring is 1. The largest absolute Gasteiger partial charge is 0.375 e. The molecule has 0 aliphatic carbocycles. The number of nitrogens with two attached hydrogens (primary N) is 1. The minimum Gasteiger partial charge on any atom is -0.375 e. The van der Waals surface area contributed by atoms with Gasteiger partial charge >= 0.3 is 0 Å². The van der Waals surface area contributed by atoms with E-state index < -0.39 is 0 Å². The number of anilines is 1. The van der Waals surface area contributed by atoms with Crippen LogP contribution in [0, 0.1) is 0 Å². The number of hydrogen-bond acceptors (Lipinski definition) is 4. The maximum Gasteiger partial charge on any atom is 0.180 e. The molecule has 2 rings (SSSR count). The molecule has 2 N–H and O–H groups in total. The average molecular weight is 234 g/mol. The smallest absolute Gasteiger partial charge is 0.180 e. The zero-order chi connectivity index (χ0) is 11.5. The first-order chi connectivity index (χ1) is 7.65. The van der Waals surface area contributed by atoms with E-state index in [1.165, 1.54) is 11.3 Å². The summed E-state index contributed by atoms with van der Waals surface area (Å²) in [6.45, 7) is 4.24. The van der Waals surface area contributed by atoms with Crippen LogP contribution in [0.1, 0.15) is 31.3 Å². The fraction of sp³-hybridized carbons (Fsp3) is 0.273. The van der Waals surface area contributed by atoms with Crippen molar-refractivity contribution >= 4 is 28.6 Å². The third kappa shape index (κ3) is 2.49. The molecule has 0 spiro atoms. The van der Waals surface area contributed by atoms with Gasteiger partial charge in [0.25, 0.3) is 0 Å². The molecule has 4 nitrogen and oxygen atoms in total. The van der Waals surface area contributed by atoms with E-state index in [0.717, 1.165) is 11.4 Å². The third-order valence-corrected chi connectivity index (χ3v) is 2.87. The summed E-state index contributed by atoms with van der Waals surface area (Å²) in [5.74, 6) is 0. The van der Waals surface area contributed by atoms with Crippen molar-refractivity contribution in [2.75, 3.05) is 5.73 Å². The molecule has 0 bridgehead atoms. The van der Waals surface area contributed by atoms with E-state index in [-0.39, 0.29) is 0 Å². The van der Waals surface area contributed by atoms with Crippen molar-refractivity contribution in [1.82, 2.24) is 14.5 Å². The van der Waals surface area contributed by atoms with Gasteiger partial charge in [-0.15, -0.1) is 11.3 Å². The molecular weight excluding hydrogens is 220 g/mol. The maximum atomic E-state index is 5.55. The molecule has 0 fully saturated rings. The zero-order valence-electron chi connectivity index (χ0n) is 9.29. The van der Waals surface area contributed by atoms with E-state index >= 15 is 0 Å². The average Bonchev–Trinajstić information content (AvgIpc) is 2.83. The fourth-order valence-electron chi connectivity index (χ4n) is 1.27. The van der Waals surface area contributed by atoms with Crippen molar-refractivity contribution in [2.45, 2.75) is 19.9 Å². The zero-order valence-corrected chi connectivity index (χ0v) is 10.1. The monoisotopic (exact) mass is 234 g/mol. The lowest BCUT2D eigenvalue weighted by Crippen LogP contribution is -1.95. The number of nitrogens with zero attached hydrogens (tertiary/aromatic N) is 3. The Morgan fingerprint density at radius 1 is 1.38 bits per heavy atom. The van der Waals surface area contributed by atoms with Crippen LogP contribution in [0.5, 0.6) is 0 Å². The van der Waals surface area contributed by atoms with E-state index in [0.29, 0.717) is 11.2 Å². The Labute approximate surface area is 98.5 Å². The number of imidazole rings is 1. The SMILES string of the molecule is CC(C)n1cnc(C=Cc2csc(N)n2)c1. The van der Waals surface area contributed by atoms with Gasteiger partial charge in [-0.05, 0) is 26.0 Å². The van der Waals surface area contributed by atoms with Gasteiger partial charge in [0.2, 0.25) is 0 Å². The van der Waals surface area contributed by atoms with Gasteiger partial charge in [-0.1, -0.05) is 0 Å². The number of hydrogen-bond donors (Lipinski definition) is 1. The summed E-state index contributed by atoms with van der Waals surface area (Å²) < 4.78 is 2.06. The van der Waals surface area contributed by atoms with E-state index in [1.54, 1.807) is 0 Å². The van der Waals surface area contributed by atoms with Gasteiger partial charge in [0.15, 0.2) is 5.13 Å². The van der Waals surface area contributed by atoms with Crippen molar-refractivity contribution in [3.05, 3.63) is 29.3 Å². The predicted octanol–water partition coefficient (Wildman–Crippen LogP) is 2.67. The van der Waals surface area contributed by atoms with Gasteiger partial charge in [-0.2, -0.15) is 0 Å². The van der Waals surface area contributed by atoms with Gasteiger partial charge in [-0.25, -0.2) is 9.97 Å². The van der Waals surface area contributed by atoms with Crippen LogP contribution in [0.15, 0.2) is 17.9 Å². The molecule has 2 heterocycles. The molecule has 0 unspecified atom stereocenters. The highest BCUT2D eigenvalue weighted by atomic mass is 32.1. The minimum atomic E-state index is 0.435. The molecule has 0 aliphatic heterocycles. The molecule has 0 atom stereocenters. The van der Waals surface area contributed by atoms with Gasteiger partial charge < -0.3 is 10.3 Å². The molecule has 0 saturated carbocycles. The van der Waals surface area contributed by atoms with Crippen LogP contribution in [-0.2, 0) is 0 Å². The molecule has 2 aromatic rings. The van der Waals surface area contributed by atoms with E-state index in [9.17, 15) is 0 Å². The van der Waals surface area contributed by atoms with Crippen molar-refractivity contribution in [1.29, 1.82) is 0 Å². The van der Waals surface area contributed by atoms with Crippen LogP contribution in [0.25, 0.3) is 12.2 Å². The van der Waals surface area contributed by atoms with Gasteiger partial charge in [-0.3, -0.25) is 0 Å². The van der Waals surface area contributed by atoms with Crippen molar-refractivity contribution in [3.8, 4) is 0 Å². The highest BCUT2D eigenvalue weighted by molar-refractivity contribution is 7.13. The Morgan fingerprint density at radius 3 is 2.69 bits per heavy atom. The van der Waals surface area contributed by atoms with Crippen molar-refractivity contribution in [2.24, 2.45) is 0 Å². The molecule has 16 heavy (non-hydrogen) atoms. The summed E-state index contributed by atoms with van der Waals surface area (Å²) >= 11 is 1.44. The second-order valence-electron chi connectivity index (χ2n) is 3.78. The Balaban J connectivity index is 2.11. The molecule has 0 aromatic carbocycles. The second-order valence-corrected chi connectivity index (χ2v) is 4.67. The Kier molecular flexibility index (Phi) is 3.05. The number of aromatic nitrogens is 3. The van der Waals surface area contributed by atoms with Crippen molar-refractivity contribution in [3.63, 3.8) is 0 Å². The lowest BCUT2D eigenvalue weighted by atomic mass is 10.3. The summed E-state index contributed by atoms with van der Waals surface area (Å²) in [7, 11) is 0. The number of rotatable bonds is 3. The lowest BCUT2D eigenvalue weighted by Gasteiger charge is -2.03. The van der Waals surface area contributed by atoms with E-state index in [1.807, 2.05) is 30.1 Å². The minimum absolute atomic E-state index is 0.435. The normalized spacial score (nSPS) is 11.7. The maximum absolute atomic E-state index is 5.55. The van der Waals surface area contributed by atoms with Gasteiger partial charge in [0.05, 0.1) is 17.7 Å². The first-order valence-corrected chi connectivity index (χ1v) is 5.95. The van der Waals surface area contributed by atoms with Crippen molar-refractivity contribution < 1.29 is 0 Å². The van der Waals surface area contributed by atoms with Crippen LogP contribution in [0.3, 0.4) is 0 Å². The molecule has 0 amide bonds. The van der Waals surface area contributed by atoms with E-state index in [4.69, 9.17) is 5.73 Å². The molecule has 0 radical (unpaired) electrons. The fourth-order valence-corrected chi connectivity index (χ4v) is 1.80. The standard InChI is InChI=1S/C11H14N4S/c1-8(2)15-5-9(13-7-15)3-4-10-6-16-11(12)14-10/h3-8H,1-2H3,(H2,12,14).